The van der Waals surface area contributed by atoms with Gasteiger partial charge in [-0.3, -0.25) is 9.69 Å². The molecule has 2 rings (SSSR count). The fourth-order valence-corrected chi connectivity index (χ4v) is 3.11. The summed E-state index contributed by atoms with van der Waals surface area (Å²) in [5, 5.41) is 0. The van der Waals surface area contributed by atoms with Gasteiger partial charge in [-0.05, 0) is 52.3 Å². The Labute approximate surface area is 117 Å². The van der Waals surface area contributed by atoms with Crippen LogP contribution in [0.15, 0.2) is 28.7 Å². The van der Waals surface area contributed by atoms with Crippen molar-refractivity contribution in [3.05, 3.63) is 34.3 Å². The van der Waals surface area contributed by atoms with E-state index in [1.54, 1.807) is 0 Å². The fraction of sp³-hybridized carbons (Fsp3) is 0.533. The second kappa shape index (κ2) is 5.14. The fourth-order valence-electron chi connectivity index (χ4n) is 2.84. The molecule has 98 valence electrons. The number of Topliss-reactive ketones (excluding diaryl/α,β-unsaturated/α-hetero) is 1. The Morgan fingerprint density at radius 1 is 1.33 bits per heavy atom. The van der Waals surface area contributed by atoms with E-state index in [-0.39, 0.29) is 17.4 Å². The standard InChI is InChI=1S/C15H20BrNO/c1-11(17-10-4-9-15(17,2)3)14(18)12-5-7-13(16)8-6-12/h5-8,11H,4,9-10H2,1-3H3. The zero-order valence-electron chi connectivity index (χ0n) is 11.2. The molecule has 0 aromatic heterocycles. The highest BCUT2D eigenvalue weighted by molar-refractivity contribution is 9.10. The van der Waals surface area contributed by atoms with Gasteiger partial charge in [0.25, 0.3) is 0 Å². The Morgan fingerprint density at radius 2 is 1.94 bits per heavy atom. The summed E-state index contributed by atoms with van der Waals surface area (Å²) in [7, 11) is 0. The Hall–Kier alpha value is -0.670. The van der Waals surface area contributed by atoms with Crippen molar-refractivity contribution in [1.82, 2.24) is 4.90 Å². The van der Waals surface area contributed by atoms with Crippen LogP contribution in [0.3, 0.4) is 0 Å². The summed E-state index contributed by atoms with van der Waals surface area (Å²) < 4.78 is 1.01. The quantitative estimate of drug-likeness (QED) is 0.789. The Balaban J connectivity index is 2.16. The third-order valence-corrected chi connectivity index (χ3v) is 4.47. The number of likely N-dealkylation sites (tertiary alicyclic amines) is 1. The molecule has 0 aliphatic carbocycles. The van der Waals surface area contributed by atoms with Crippen molar-refractivity contribution >= 4 is 21.7 Å². The highest BCUT2D eigenvalue weighted by Gasteiger charge is 2.37. The van der Waals surface area contributed by atoms with Gasteiger partial charge in [0.15, 0.2) is 5.78 Å². The molecule has 0 N–H and O–H groups in total. The van der Waals surface area contributed by atoms with Crippen molar-refractivity contribution in [3.63, 3.8) is 0 Å². The molecule has 1 unspecified atom stereocenters. The first kappa shape index (κ1) is 13.8. The number of carbonyl (C=O) groups excluding carboxylic acids is 1. The van der Waals surface area contributed by atoms with Crippen LogP contribution in [0.25, 0.3) is 0 Å². The average Bonchev–Trinajstić information content (AvgIpc) is 2.68. The van der Waals surface area contributed by atoms with E-state index < -0.39 is 0 Å². The summed E-state index contributed by atoms with van der Waals surface area (Å²) in [4.78, 5) is 14.8. The van der Waals surface area contributed by atoms with E-state index in [1.165, 1.54) is 12.8 Å². The minimum Gasteiger partial charge on any atom is -0.292 e. The maximum Gasteiger partial charge on any atom is 0.179 e. The first-order chi connectivity index (χ1) is 8.42. The minimum absolute atomic E-state index is 0.0383. The highest BCUT2D eigenvalue weighted by atomic mass is 79.9. The summed E-state index contributed by atoms with van der Waals surface area (Å²) in [5.41, 5.74) is 0.943. The molecule has 1 aliphatic heterocycles. The number of halogens is 1. The van der Waals surface area contributed by atoms with E-state index in [0.717, 1.165) is 16.6 Å². The summed E-state index contributed by atoms with van der Waals surface area (Å²) in [6.45, 7) is 7.50. The van der Waals surface area contributed by atoms with Crippen molar-refractivity contribution < 1.29 is 4.79 Å². The van der Waals surface area contributed by atoms with Gasteiger partial charge < -0.3 is 0 Å². The zero-order valence-corrected chi connectivity index (χ0v) is 12.8. The molecule has 1 aromatic carbocycles. The zero-order chi connectivity index (χ0) is 13.3. The minimum atomic E-state index is -0.0383. The summed E-state index contributed by atoms with van der Waals surface area (Å²) >= 11 is 3.39. The molecule has 1 fully saturated rings. The highest BCUT2D eigenvalue weighted by Crippen LogP contribution is 2.31. The van der Waals surface area contributed by atoms with Crippen molar-refractivity contribution in [1.29, 1.82) is 0 Å². The Morgan fingerprint density at radius 3 is 2.44 bits per heavy atom. The first-order valence-corrected chi connectivity index (χ1v) is 7.28. The molecule has 2 nitrogen and oxygen atoms in total. The molecule has 1 aliphatic rings. The number of carbonyl (C=O) groups is 1. The second-order valence-electron chi connectivity index (χ2n) is 5.66. The SMILES string of the molecule is CC(C(=O)c1ccc(Br)cc1)N1CCCC1(C)C. The van der Waals surface area contributed by atoms with Crippen LogP contribution in [0.1, 0.15) is 44.0 Å². The lowest BCUT2D eigenvalue weighted by atomic mass is 9.97. The van der Waals surface area contributed by atoms with Gasteiger partial charge in [-0.15, -0.1) is 0 Å². The van der Waals surface area contributed by atoms with Crippen molar-refractivity contribution in [2.24, 2.45) is 0 Å². The number of benzene rings is 1. The van der Waals surface area contributed by atoms with Crippen LogP contribution in [0.4, 0.5) is 0 Å². The third-order valence-electron chi connectivity index (χ3n) is 3.94. The maximum absolute atomic E-state index is 12.5. The maximum atomic E-state index is 12.5. The van der Waals surface area contributed by atoms with Gasteiger partial charge >= 0.3 is 0 Å². The Kier molecular flexibility index (Phi) is 3.93. The molecule has 0 radical (unpaired) electrons. The largest absolute Gasteiger partial charge is 0.292 e. The monoisotopic (exact) mass is 309 g/mol. The van der Waals surface area contributed by atoms with Gasteiger partial charge in [0.2, 0.25) is 0 Å². The molecule has 0 amide bonds. The van der Waals surface area contributed by atoms with Crippen LogP contribution < -0.4 is 0 Å². The topological polar surface area (TPSA) is 20.3 Å². The molecular weight excluding hydrogens is 290 g/mol. The molecular formula is C15H20BrNO. The lowest BCUT2D eigenvalue weighted by Crippen LogP contribution is -2.47. The number of rotatable bonds is 3. The lowest BCUT2D eigenvalue weighted by Gasteiger charge is -2.35. The summed E-state index contributed by atoms with van der Waals surface area (Å²) in [5.74, 6) is 0.220. The van der Waals surface area contributed by atoms with Crippen LogP contribution in [0.2, 0.25) is 0 Å². The molecule has 1 heterocycles. The third kappa shape index (κ3) is 2.67. The summed E-state index contributed by atoms with van der Waals surface area (Å²) in [6, 6.07) is 7.60. The van der Waals surface area contributed by atoms with Gasteiger partial charge in [-0.1, -0.05) is 28.1 Å². The van der Waals surface area contributed by atoms with Gasteiger partial charge in [0.05, 0.1) is 6.04 Å². The van der Waals surface area contributed by atoms with Gasteiger partial charge in [0.1, 0.15) is 0 Å². The molecule has 0 saturated carbocycles. The smallest absolute Gasteiger partial charge is 0.179 e. The normalized spacial score (nSPS) is 20.9. The van der Waals surface area contributed by atoms with Gasteiger partial charge in [-0.25, -0.2) is 0 Å². The second-order valence-corrected chi connectivity index (χ2v) is 6.57. The van der Waals surface area contributed by atoms with E-state index in [2.05, 4.69) is 34.7 Å². The van der Waals surface area contributed by atoms with E-state index in [1.807, 2.05) is 31.2 Å². The van der Waals surface area contributed by atoms with Gasteiger partial charge in [0, 0.05) is 15.6 Å². The first-order valence-electron chi connectivity index (χ1n) is 6.48. The van der Waals surface area contributed by atoms with Crippen molar-refractivity contribution in [3.8, 4) is 0 Å². The predicted octanol–water partition coefficient (Wildman–Crippen LogP) is 3.89. The van der Waals surface area contributed by atoms with E-state index in [0.29, 0.717) is 0 Å². The van der Waals surface area contributed by atoms with Crippen molar-refractivity contribution in [2.75, 3.05) is 6.54 Å². The summed E-state index contributed by atoms with van der Waals surface area (Å²) in [6.07, 6.45) is 2.36. The van der Waals surface area contributed by atoms with Crippen molar-refractivity contribution in [2.45, 2.75) is 45.2 Å². The predicted molar refractivity (Wildman–Crippen MR) is 78.0 cm³/mol. The Bertz CT molecular complexity index is 438. The van der Waals surface area contributed by atoms with Crippen LogP contribution in [-0.4, -0.2) is 28.8 Å². The van der Waals surface area contributed by atoms with E-state index >= 15 is 0 Å². The van der Waals surface area contributed by atoms with E-state index in [4.69, 9.17) is 0 Å². The van der Waals surface area contributed by atoms with Gasteiger partial charge in [-0.2, -0.15) is 0 Å². The van der Waals surface area contributed by atoms with Crippen LogP contribution in [0.5, 0.6) is 0 Å². The number of nitrogens with zero attached hydrogens (tertiary/aromatic N) is 1. The van der Waals surface area contributed by atoms with Crippen LogP contribution in [-0.2, 0) is 0 Å². The van der Waals surface area contributed by atoms with Crippen LogP contribution >= 0.6 is 15.9 Å². The lowest BCUT2D eigenvalue weighted by molar-refractivity contribution is 0.0722. The molecule has 1 saturated heterocycles. The molecule has 0 spiro atoms. The number of ketones is 1. The average molecular weight is 310 g/mol. The molecule has 1 atom stereocenters. The van der Waals surface area contributed by atoms with Crippen LogP contribution in [0, 0.1) is 0 Å². The van der Waals surface area contributed by atoms with E-state index in [9.17, 15) is 4.79 Å². The molecule has 3 heteroatoms. The number of hydrogen-bond donors (Lipinski definition) is 0. The molecule has 18 heavy (non-hydrogen) atoms. The molecule has 0 bridgehead atoms. The number of hydrogen-bond acceptors (Lipinski definition) is 2. The molecule has 1 aromatic rings.